The van der Waals surface area contributed by atoms with E-state index >= 15 is 0 Å². The van der Waals surface area contributed by atoms with Gasteiger partial charge in [0.25, 0.3) is 11.8 Å². The SMILES string of the molecule is O=C1NC(=S)N(c2ccc(Br)cc2)C(=O)C1=Cc1cc(-c2ccccc2)n(-c2ccc(Cl)cc2)c1-c1ccccc1. The van der Waals surface area contributed by atoms with Crippen LogP contribution in [0.15, 0.2) is 125 Å². The Morgan fingerprint density at radius 3 is 1.98 bits per heavy atom. The fourth-order valence-corrected chi connectivity index (χ4v) is 5.52. The predicted octanol–water partition coefficient (Wildman–Crippen LogP) is 8.06. The Labute approximate surface area is 255 Å². The second kappa shape index (κ2) is 11.3. The molecule has 1 fully saturated rings. The topological polar surface area (TPSA) is 54.3 Å². The van der Waals surface area contributed by atoms with Crippen LogP contribution in [0.3, 0.4) is 0 Å². The smallest absolute Gasteiger partial charge is 0.270 e. The van der Waals surface area contributed by atoms with Crippen LogP contribution >= 0.6 is 39.7 Å². The van der Waals surface area contributed by atoms with Gasteiger partial charge in [0, 0.05) is 20.7 Å². The molecule has 1 aliphatic rings. The molecule has 0 unspecified atom stereocenters. The number of nitrogens with one attached hydrogen (secondary N) is 1. The number of nitrogens with zero attached hydrogens (tertiary/aromatic N) is 2. The normalized spacial score (nSPS) is 14.4. The summed E-state index contributed by atoms with van der Waals surface area (Å²) in [7, 11) is 0. The molecule has 1 aliphatic heterocycles. The first-order chi connectivity index (χ1) is 19.9. The van der Waals surface area contributed by atoms with Crippen molar-refractivity contribution >= 4 is 68.4 Å². The summed E-state index contributed by atoms with van der Waals surface area (Å²) < 4.78 is 2.98. The van der Waals surface area contributed by atoms with Crippen molar-refractivity contribution in [3.05, 3.63) is 136 Å². The number of thiocarbonyl (C=S) groups is 1. The summed E-state index contributed by atoms with van der Waals surface area (Å²) in [6, 6.07) is 36.6. The van der Waals surface area contributed by atoms with Crippen LogP contribution in [0.5, 0.6) is 0 Å². The lowest BCUT2D eigenvalue weighted by Gasteiger charge is -2.29. The van der Waals surface area contributed by atoms with Gasteiger partial charge in [0.1, 0.15) is 5.57 Å². The quantitative estimate of drug-likeness (QED) is 0.120. The molecule has 1 aromatic heterocycles. The number of amides is 2. The summed E-state index contributed by atoms with van der Waals surface area (Å²) in [4.78, 5) is 28.4. The number of aromatic nitrogens is 1. The van der Waals surface area contributed by atoms with Crippen LogP contribution in [0.2, 0.25) is 5.02 Å². The summed E-state index contributed by atoms with van der Waals surface area (Å²) in [5.41, 5.74) is 5.72. The van der Waals surface area contributed by atoms with Crippen LogP contribution in [0, 0.1) is 0 Å². The first kappa shape index (κ1) is 26.9. The van der Waals surface area contributed by atoms with Crippen molar-refractivity contribution < 1.29 is 9.59 Å². The largest absolute Gasteiger partial charge is 0.309 e. The zero-order valence-electron chi connectivity index (χ0n) is 21.4. The van der Waals surface area contributed by atoms with Crippen molar-refractivity contribution in [2.24, 2.45) is 0 Å². The molecule has 4 aromatic carbocycles. The highest BCUT2D eigenvalue weighted by molar-refractivity contribution is 9.10. The highest BCUT2D eigenvalue weighted by Gasteiger charge is 2.35. The van der Waals surface area contributed by atoms with E-state index in [0.717, 1.165) is 32.7 Å². The molecule has 0 aliphatic carbocycles. The lowest BCUT2D eigenvalue weighted by molar-refractivity contribution is -0.122. The van der Waals surface area contributed by atoms with Crippen molar-refractivity contribution in [1.29, 1.82) is 0 Å². The molecule has 1 N–H and O–H groups in total. The fourth-order valence-electron chi connectivity index (χ4n) is 4.85. The third-order valence-corrected chi connectivity index (χ3v) is 7.78. The fraction of sp³-hybridized carbons (Fsp3) is 0. The van der Waals surface area contributed by atoms with Gasteiger partial charge in [-0.2, -0.15) is 0 Å². The molecule has 5 aromatic rings. The van der Waals surface area contributed by atoms with Gasteiger partial charge in [-0.15, -0.1) is 0 Å². The first-order valence-corrected chi connectivity index (χ1v) is 14.3. The maximum Gasteiger partial charge on any atom is 0.270 e. The Hall–Kier alpha value is -4.30. The standard InChI is InChI=1S/C33H21BrClN3O2S/c34-24-11-15-27(16-12-24)38-32(40)28(31(39)36-33(38)41)19-23-20-29(21-7-3-1-4-8-21)37(26-17-13-25(35)14-18-26)30(23)22-9-5-2-6-10-22/h1-20H,(H,36,39,41). The molecule has 0 spiro atoms. The van der Waals surface area contributed by atoms with Gasteiger partial charge < -0.3 is 4.57 Å². The van der Waals surface area contributed by atoms with E-state index in [1.54, 1.807) is 18.2 Å². The zero-order valence-corrected chi connectivity index (χ0v) is 24.6. The minimum Gasteiger partial charge on any atom is -0.309 e. The number of rotatable bonds is 5. The molecule has 0 radical (unpaired) electrons. The second-order valence-electron chi connectivity index (χ2n) is 9.31. The zero-order chi connectivity index (χ0) is 28.5. The van der Waals surface area contributed by atoms with Crippen LogP contribution in [-0.2, 0) is 9.59 Å². The minimum atomic E-state index is -0.548. The Morgan fingerprint density at radius 1 is 0.756 bits per heavy atom. The van der Waals surface area contributed by atoms with Gasteiger partial charge in [-0.3, -0.25) is 19.8 Å². The molecule has 2 amide bonds. The lowest BCUT2D eigenvalue weighted by atomic mass is 10.0. The molecule has 2 heterocycles. The van der Waals surface area contributed by atoms with Crippen LogP contribution < -0.4 is 10.2 Å². The summed E-state index contributed by atoms with van der Waals surface area (Å²) in [6.45, 7) is 0. The summed E-state index contributed by atoms with van der Waals surface area (Å²) >= 11 is 15.1. The van der Waals surface area contributed by atoms with Gasteiger partial charge in [-0.05, 0) is 84.0 Å². The molecule has 8 heteroatoms. The van der Waals surface area contributed by atoms with Crippen LogP contribution in [0.4, 0.5) is 5.69 Å². The van der Waals surface area contributed by atoms with Crippen molar-refractivity contribution in [3.8, 4) is 28.2 Å². The van der Waals surface area contributed by atoms with E-state index in [0.29, 0.717) is 16.3 Å². The summed E-state index contributed by atoms with van der Waals surface area (Å²) in [5, 5.41) is 3.35. The molecule has 41 heavy (non-hydrogen) atoms. The number of hydrogen-bond acceptors (Lipinski definition) is 3. The monoisotopic (exact) mass is 637 g/mol. The number of carbonyl (C=O) groups is 2. The van der Waals surface area contributed by atoms with E-state index in [-0.39, 0.29) is 10.7 Å². The van der Waals surface area contributed by atoms with Gasteiger partial charge in [-0.1, -0.05) is 88.2 Å². The molecule has 5 nitrogen and oxygen atoms in total. The molecule has 6 rings (SSSR count). The molecule has 1 saturated heterocycles. The number of hydrogen-bond donors (Lipinski definition) is 1. The van der Waals surface area contributed by atoms with E-state index in [4.69, 9.17) is 23.8 Å². The van der Waals surface area contributed by atoms with Crippen molar-refractivity contribution in [3.63, 3.8) is 0 Å². The van der Waals surface area contributed by atoms with E-state index in [9.17, 15) is 9.59 Å². The van der Waals surface area contributed by atoms with Crippen LogP contribution in [0.1, 0.15) is 5.56 Å². The van der Waals surface area contributed by atoms with E-state index in [1.165, 1.54) is 4.90 Å². The van der Waals surface area contributed by atoms with Gasteiger partial charge in [0.05, 0.1) is 17.1 Å². The molecule has 0 atom stereocenters. The van der Waals surface area contributed by atoms with Crippen LogP contribution in [0.25, 0.3) is 34.3 Å². The van der Waals surface area contributed by atoms with E-state index in [1.807, 2.05) is 103 Å². The van der Waals surface area contributed by atoms with Crippen molar-refractivity contribution in [2.75, 3.05) is 4.90 Å². The number of benzene rings is 4. The van der Waals surface area contributed by atoms with Gasteiger partial charge in [-0.25, -0.2) is 0 Å². The van der Waals surface area contributed by atoms with Gasteiger partial charge in [0.15, 0.2) is 5.11 Å². The minimum absolute atomic E-state index is 0.0217. The third-order valence-electron chi connectivity index (χ3n) is 6.72. The average Bonchev–Trinajstić information content (AvgIpc) is 3.36. The molecular weight excluding hydrogens is 618 g/mol. The van der Waals surface area contributed by atoms with E-state index in [2.05, 4.69) is 25.8 Å². The number of halogens is 2. The summed E-state index contributed by atoms with van der Waals surface area (Å²) in [5.74, 6) is -1.05. The van der Waals surface area contributed by atoms with Gasteiger partial charge in [0.2, 0.25) is 0 Å². The highest BCUT2D eigenvalue weighted by Crippen LogP contribution is 2.38. The molecule has 0 saturated carbocycles. The second-order valence-corrected chi connectivity index (χ2v) is 11.1. The van der Waals surface area contributed by atoms with Crippen molar-refractivity contribution in [1.82, 2.24) is 9.88 Å². The van der Waals surface area contributed by atoms with E-state index < -0.39 is 11.8 Å². The maximum atomic E-state index is 13.8. The Balaban J connectivity index is 1.59. The first-order valence-electron chi connectivity index (χ1n) is 12.7. The third kappa shape index (κ3) is 5.27. The molecule has 0 bridgehead atoms. The Kier molecular flexibility index (Phi) is 7.41. The average molecular weight is 639 g/mol. The Bertz CT molecular complexity index is 1820. The van der Waals surface area contributed by atoms with Crippen LogP contribution in [-0.4, -0.2) is 21.5 Å². The number of anilines is 1. The molecular formula is C33H21BrClN3O2S. The van der Waals surface area contributed by atoms with Crippen molar-refractivity contribution in [2.45, 2.75) is 0 Å². The number of carbonyl (C=O) groups excluding carboxylic acids is 2. The Morgan fingerprint density at radius 2 is 1.34 bits per heavy atom. The predicted molar refractivity (Wildman–Crippen MR) is 172 cm³/mol. The summed E-state index contributed by atoms with van der Waals surface area (Å²) in [6.07, 6.45) is 1.65. The molecule has 200 valence electrons. The lowest BCUT2D eigenvalue weighted by Crippen LogP contribution is -2.54. The maximum absolute atomic E-state index is 13.8. The van der Waals surface area contributed by atoms with Gasteiger partial charge >= 0.3 is 0 Å². The highest BCUT2D eigenvalue weighted by atomic mass is 79.9.